The van der Waals surface area contributed by atoms with Crippen LogP contribution in [0.3, 0.4) is 0 Å². The minimum Gasteiger partial charge on any atom is -0.339 e. The normalized spacial score (nSPS) is 19.6. The Morgan fingerprint density at radius 3 is 3.10 bits per heavy atom. The highest BCUT2D eigenvalue weighted by molar-refractivity contribution is 5.36. The molecule has 1 heterocycles. The fourth-order valence-electron chi connectivity index (χ4n) is 2.88. The number of likely N-dealkylation sites (N-methyl/N-ethyl adjacent to an activating group) is 1. The van der Waals surface area contributed by atoms with Gasteiger partial charge in [0, 0.05) is 18.4 Å². The number of hydrogen-bond acceptors (Lipinski definition) is 4. The lowest BCUT2D eigenvalue weighted by Crippen LogP contribution is -2.23. The van der Waals surface area contributed by atoms with Gasteiger partial charge in [0.05, 0.1) is 0 Å². The molecule has 106 valence electrons. The van der Waals surface area contributed by atoms with Gasteiger partial charge in [0.1, 0.15) is 0 Å². The first-order chi connectivity index (χ1) is 9.78. The van der Waals surface area contributed by atoms with E-state index in [0.29, 0.717) is 12.0 Å². The summed E-state index contributed by atoms with van der Waals surface area (Å²) in [4.78, 5) is 4.60. The number of benzene rings is 1. The fourth-order valence-corrected chi connectivity index (χ4v) is 2.88. The first-order valence-electron chi connectivity index (χ1n) is 7.35. The van der Waals surface area contributed by atoms with Gasteiger partial charge in [0.25, 0.3) is 0 Å². The zero-order valence-corrected chi connectivity index (χ0v) is 12.1. The number of aryl methyl sites for hydroxylation is 1. The highest BCUT2D eigenvalue weighted by atomic mass is 16.5. The second kappa shape index (κ2) is 5.75. The van der Waals surface area contributed by atoms with Crippen molar-refractivity contribution >= 4 is 0 Å². The first kappa shape index (κ1) is 13.3. The molecule has 0 aliphatic heterocycles. The van der Waals surface area contributed by atoms with E-state index in [9.17, 15) is 0 Å². The van der Waals surface area contributed by atoms with Gasteiger partial charge in [-0.3, -0.25) is 0 Å². The molecule has 2 atom stereocenters. The van der Waals surface area contributed by atoms with Gasteiger partial charge in [-0.05, 0) is 44.4 Å². The van der Waals surface area contributed by atoms with E-state index < -0.39 is 0 Å². The summed E-state index contributed by atoms with van der Waals surface area (Å²) >= 11 is 0. The summed E-state index contributed by atoms with van der Waals surface area (Å²) in [5, 5.41) is 7.40. The van der Waals surface area contributed by atoms with Crippen LogP contribution in [0, 0.1) is 0 Å². The molecule has 1 aliphatic rings. The van der Waals surface area contributed by atoms with Crippen LogP contribution in [0.25, 0.3) is 0 Å². The maximum Gasteiger partial charge on any atom is 0.228 e. The molecule has 0 radical (unpaired) electrons. The predicted octanol–water partition coefficient (Wildman–Crippen LogP) is 2.69. The average Bonchev–Trinajstić information content (AvgIpc) is 2.94. The summed E-state index contributed by atoms with van der Waals surface area (Å²) in [5.74, 6) is 1.86. The third-order valence-electron chi connectivity index (χ3n) is 4.14. The molecule has 20 heavy (non-hydrogen) atoms. The Morgan fingerprint density at radius 2 is 2.25 bits per heavy atom. The highest BCUT2D eigenvalue weighted by Crippen LogP contribution is 2.35. The molecule has 4 heteroatoms. The van der Waals surface area contributed by atoms with Crippen LogP contribution < -0.4 is 5.32 Å². The molecule has 1 N–H and O–H groups in total. The zero-order valence-electron chi connectivity index (χ0n) is 12.1. The van der Waals surface area contributed by atoms with Crippen molar-refractivity contribution in [2.24, 2.45) is 0 Å². The SMILES string of the molecule is CNC(C)Cc1nc(C2CCCc3ccccc32)no1. The minimum atomic E-state index is 0.294. The van der Waals surface area contributed by atoms with E-state index in [4.69, 9.17) is 4.52 Å². The lowest BCUT2D eigenvalue weighted by molar-refractivity contribution is 0.358. The monoisotopic (exact) mass is 271 g/mol. The van der Waals surface area contributed by atoms with Crippen molar-refractivity contribution in [3.63, 3.8) is 0 Å². The van der Waals surface area contributed by atoms with Gasteiger partial charge < -0.3 is 9.84 Å². The van der Waals surface area contributed by atoms with Crippen LogP contribution in [0.4, 0.5) is 0 Å². The van der Waals surface area contributed by atoms with E-state index in [2.05, 4.69) is 46.6 Å². The maximum absolute atomic E-state index is 5.40. The first-order valence-corrected chi connectivity index (χ1v) is 7.35. The quantitative estimate of drug-likeness (QED) is 0.929. The van der Waals surface area contributed by atoms with Crippen molar-refractivity contribution in [3.05, 3.63) is 47.1 Å². The molecule has 0 saturated carbocycles. The standard InChI is InChI=1S/C16H21N3O/c1-11(17-2)10-15-18-16(19-20-15)14-9-5-7-12-6-3-4-8-13(12)14/h3-4,6,8,11,14,17H,5,7,9-10H2,1-2H3. The Kier molecular flexibility index (Phi) is 3.83. The zero-order chi connectivity index (χ0) is 13.9. The van der Waals surface area contributed by atoms with Gasteiger partial charge in [-0.1, -0.05) is 29.4 Å². The minimum absolute atomic E-state index is 0.294. The number of nitrogens with zero attached hydrogens (tertiary/aromatic N) is 2. The van der Waals surface area contributed by atoms with E-state index in [1.54, 1.807) is 0 Å². The van der Waals surface area contributed by atoms with Crippen molar-refractivity contribution in [2.45, 2.75) is 44.6 Å². The third-order valence-corrected chi connectivity index (χ3v) is 4.14. The maximum atomic E-state index is 5.40. The number of rotatable bonds is 4. The predicted molar refractivity (Wildman–Crippen MR) is 77.7 cm³/mol. The molecule has 0 spiro atoms. The molecule has 0 bridgehead atoms. The number of nitrogens with one attached hydrogen (secondary N) is 1. The van der Waals surface area contributed by atoms with Crippen LogP contribution in [0.2, 0.25) is 0 Å². The molecule has 0 amide bonds. The molecular formula is C16H21N3O. The van der Waals surface area contributed by atoms with Gasteiger partial charge in [0.15, 0.2) is 5.82 Å². The smallest absolute Gasteiger partial charge is 0.228 e. The van der Waals surface area contributed by atoms with Crippen LogP contribution >= 0.6 is 0 Å². The summed E-state index contributed by atoms with van der Waals surface area (Å²) in [6, 6.07) is 8.97. The molecule has 1 aliphatic carbocycles. The van der Waals surface area contributed by atoms with E-state index in [-0.39, 0.29) is 0 Å². The Balaban J connectivity index is 1.84. The highest BCUT2D eigenvalue weighted by Gasteiger charge is 2.25. The third kappa shape index (κ3) is 2.61. The van der Waals surface area contributed by atoms with Crippen molar-refractivity contribution in [1.29, 1.82) is 0 Å². The summed E-state index contributed by atoms with van der Waals surface area (Å²) in [6.07, 6.45) is 4.24. The van der Waals surface area contributed by atoms with Crippen molar-refractivity contribution in [2.75, 3.05) is 7.05 Å². The molecule has 0 fully saturated rings. The van der Waals surface area contributed by atoms with E-state index in [1.807, 2.05) is 7.05 Å². The molecular weight excluding hydrogens is 250 g/mol. The second-order valence-electron chi connectivity index (χ2n) is 5.58. The second-order valence-corrected chi connectivity index (χ2v) is 5.58. The van der Waals surface area contributed by atoms with E-state index in [0.717, 1.165) is 31.0 Å². The van der Waals surface area contributed by atoms with Gasteiger partial charge in [-0.15, -0.1) is 0 Å². The Hall–Kier alpha value is -1.68. The fraction of sp³-hybridized carbons (Fsp3) is 0.500. The topological polar surface area (TPSA) is 51.0 Å². The molecule has 0 saturated heterocycles. The van der Waals surface area contributed by atoms with Crippen LogP contribution in [-0.4, -0.2) is 23.2 Å². The number of aromatic nitrogens is 2. The molecule has 2 aromatic rings. The average molecular weight is 271 g/mol. The summed E-state index contributed by atoms with van der Waals surface area (Å²) < 4.78 is 5.40. The van der Waals surface area contributed by atoms with Gasteiger partial charge in [-0.25, -0.2) is 0 Å². The van der Waals surface area contributed by atoms with Crippen LogP contribution in [-0.2, 0) is 12.8 Å². The van der Waals surface area contributed by atoms with E-state index >= 15 is 0 Å². The summed E-state index contributed by atoms with van der Waals surface area (Å²) in [6.45, 7) is 2.11. The van der Waals surface area contributed by atoms with Crippen LogP contribution in [0.1, 0.15) is 48.5 Å². The van der Waals surface area contributed by atoms with Crippen LogP contribution in [0.5, 0.6) is 0 Å². The summed E-state index contributed by atoms with van der Waals surface area (Å²) in [5.41, 5.74) is 2.80. The number of hydrogen-bond donors (Lipinski definition) is 1. The van der Waals surface area contributed by atoms with Crippen molar-refractivity contribution in [3.8, 4) is 0 Å². The Morgan fingerprint density at radius 1 is 1.40 bits per heavy atom. The molecule has 2 unspecified atom stereocenters. The molecule has 3 rings (SSSR count). The summed E-state index contributed by atoms with van der Waals surface area (Å²) in [7, 11) is 1.94. The molecule has 4 nitrogen and oxygen atoms in total. The van der Waals surface area contributed by atoms with Gasteiger partial charge in [0.2, 0.25) is 5.89 Å². The lowest BCUT2D eigenvalue weighted by Gasteiger charge is -2.22. The van der Waals surface area contributed by atoms with Gasteiger partial charge in [-0.2, -0.15) is 4.98 Å². The Labute approximate surface area is 119 Å². The lowest BCUT2D eigenvalue weighted by atomic mass is 9.82. The molecule has 1 aromatic carbocycles. The van der Waals surface area contributed by atoms with Gasteiger partial charge >= 0.3 is 0 Å². The number of fused-ring (bicyclic) bond motifs is 1. The van der Waals surface area contributed by atoms with E-state index in [1.165, 1.54) is 17.5 Å². The molecule has 1 aromatic heterocycles. The largest absolute Gasteiger partial charge is 0.339 e. The van der Waals surface area contributed by atoms with Crippen molar-refractivity contribution < 1.29 is 4.52 Å². The van der Waals surface area contributed by atoms with Crippen molar-refractivity contribution in [1.82, 2.24) is 15.5 Å². The Bertz CT molecular complexity index is 579. The van der Waals surface area contributed by atoms with Crippen LogP contribution in [0.15, 0.2) is 28.8 Å².